The Balaban J connectivity index is 2.01. The number of morpholine rings is 1. The minimum absolute atomic E-state index is 0.0871. The van der Waals surface area contributed by atoms with Gasteiger partial charge >= 0.3 is 5.97 Å². The molecule has 0 bridgehead atoms. The van der Waals surface area contributed by atoms with Crippen LogP contribution in [0.15, 0.2) is 24.3 Å². The lowest BCUT2D eigenvalue weighted by molar-refractivity contribution is -0.166. The largest absolute Gasteiger partial charge is 0.479 e. The van der Waals surface area contributed by atoms with Gasteiger partial charge in [0.15, 0.2) is 6.10 Å². The number of carbonyl (C=O) groups is 2. The zero-order valence-corrected chi connectivity index (χ0v) is 12.8. The number of rotatable bonds is 5. The molecule has 1 saturated heterocycles. The van der Waals surface area contributed by atoms with Gasteiger partial charge in [-0.05, 0) is 18.1 Å². The van der Waals surface area contributed by atoms with Crippen molar-refractivity contribution in [3.05, 3.63) is 35.4 Å². The molecule has 6 heteroatoms. The molecule has 120 valence electrons. The van der Waals surface area contributed by atoms with Crippen molar-refractivity contribution in [1.82, 2.24) is 4.90 Å². The third-order valence-electron chi connectivity index (χ3n) is 3.55. The van der Waals surface area contributed by atoms with Gasteiger partial charge in [-0.25, -0.2) is 4.79 Å². The van der Waals surface area contributed by atoms with Gasteiger partial charge in [0, 0.05) is 13.7 Å². The smallest absolute Gasteiger partial charge is 0.334 e. The van der Waals surface area contributed by atoms with E-state index in [0.717, 1.165) is 11.1 Å². The normalized spacial score (nSPS) is 21.6. The SMILES string of the molecule is COCc1cccc(CC(=O)N2CC(C(=O)O)O[C@H](C)C2)c1. The van der Waals surface area contributed by atoms with E-state index >= 15 is 0 Å². The van der Waals surface area contributed by atoms with Gasteiger partial charge < -0.3 is 19.5 Å². The van der Waals surface area contributed by atoms with Crippen molar-refractivity contribution in [3.63, 3.8) is 0 Å². The summed E-state index contributed by atoms with van der Waals surface area (Å²) < 4.78 is 10.4. The predicted molar refractivity (Wildman–Crippen MR) is 79.4 cm³/mol. The van der Waals surface area contributed by atoms with Gasteiger partial charge in [-0.2, -0.15) is 0 Å². The second-order valence-electron chi connectivity index (χ2n) is 5.50. The molecule has 0 aliphatic carbocycles. The Bertz CT molecular complexity index is 545. The van der Waals surface area contributed by atoms with E-state index < -0.39 is 12.1 Å². The molecule has 2 atom stereocenters. The van der Waals surface area contributed by atoms with Crippen molar-refractivity contribution >= 4 is 11.9 Å². The van der Waals surface area contributed by atoms with Gasteiger partial charge in [0.1, 0.15) is 0 Å². The third-order valence-corrected chi connectivity index (χ3v) is 3.55. The summed E-state index contributed by atoms with van der Waals surface area (Å²) in [7, 11) is 1.62. The molecule has 1 N–H and O–H groups in total. The predicted octanol–water partition coefficient (Wildman–Crippen LogP) is 1.08. The summed E-state index contributed by atoms with van der Waals surface area (Å²) in [5.41, 5.74) is 1.90. The van der Waals surface area contributed by atoms with Gasteiger partial charge in [0.05, 0.1) is 25.7 Å². The highest BCUT2D eigenvalue weighted by atomic mass is 16.5. The number of hydrogen-bond donors (Lipinski definition) is 1. The first-order valence-electron chi connectivity index (χ1n) is 7.22. The van der Waals surface area contributed by atoms with Crippen molar-refractivity contribution in [1.29, 1.82) is 0 Å². The highest BCUT2D eigenvalue weighted by molar-refractivity contribution is 5.80. The molecule has 2 rings (SSSR count). The average molecular weight is 307 g/mol. The number of carboxylic acid groups (broad SMARTS) is 1. The molecule has 1 fully saturated rings. The first kappa shape index (κ1) is 16.5. The van der Waals surface area contributed by atoms with E-state index in [1.54, 1.807) is 18.9 Å². The Morgan fingerprint density at radius 1 is 1.36 bits per heavy atom. The molecule has 22 heavy (non-hydrogen) atoms. The highest BCUT2D eigenvalue weighted by Crippen LogP contribution is 2.14. The molecule has 0 spiro atoms. The number of amides is 1. The zero-order valence-electron chi connectivity index (χ0n) is 12.8. The number of hydrogen-bond acceptors (Lipinski definition) is 4. The van der Waals surface area contributed by atoms with Gasteiger partial charge in [0.25, 0.3) is 0 Å². The molecule has 1 aliphatic heterocycles. The first-order valence-corrected chi connectivity index (χ1v) is 7.22. The molecule has 1 amide bonds. The van der Waals surface area contributed by atoms with Crippen LogP contribution in [0.3, 0.4) is 0 Å². The van der Waals surface area contributed by atoms with Crippen LogP contribution >= 0.6 is 0 Å². The Hall–Kier alpha value is -1.92. The van der Waals surface area contributed by atoms with Crippen molar-refractivity contribution in [2.75, 3.05) is 20.2 Å². The summed E-state index contributed by atoms with van der Waals surface area (Å²) in [6.07, 6.45) is -0.984. The Morgan fingerprint density at radius 3 is 2.77 bits per heavy atom. The van der Waals surface area contributed by atoms with Crippen LogP contribution in [0.25, 0.3) is 0 Å². The van der Waals surface area contributed by atoms with Crippen LogP contribution in [0.4, 0.5) is 0 Å². The molecular formula is C16H21NO5. The standard InChI is InChI=1S/C16H21NO5/c1-11-8-17(9-14(22-11)16(19)20)15(18)7-12-4-3-5-13(6-12)10-21-2/h3-6,11,14H,7-10H2,1-2H3,(H,19,20)/t11-,14?/m1/s1. The number of benzene rings is 1. The Labute approximate surface area is 129 Å². The fraction of sp³-hybridized carbons (Fsp3) is 0.500. The van der Waals surface area contributed by atoms with Gasteiger partial charge in [0.2, 0.25) is 5.91 Å². The lowest BCUT2D eigenvalue weighted by atomic mass is 10.1. The molecule has 0 saturated carbocycles. The van der Waals surface area contributed by atoms with E-state index in [0.29, 0.717) is 13.2 Å². The lowest BCUT2D eigenvalue weighted by Gasteiger charge is -2.35. The van der Waals surface area contributed by atoms with Crippen molar-refractivity contribution in [2.24, 2.45) is 0 Å². The maximum absolute atomic E-state index is 12.4. The van der Waals surface area contributed by atoms with Crippen LogP contribution in [-0.4, -0.2) is 54.3 Å². The third kappa shape index (κ3) is 4.29. The highest BCUT2D eigenvalue weighted by Gasteiger charge is 2.32. The Kier molecular flexibility index (Phi) is 5.51. The fourth-order valence-corrected chi connectivity index (χ4v) is 2.57. The zero-order chi connectivity index (χ0) is 16.1. The minimum atomic E-state index is -1.04. The van der Waals surface area contributed by atoms with E-state index in [9.17, 15) is 9.59 Å². The van der Waals surface area contributed by atoms with Crippen LogP contribution in [0.1, 0.15) is 18.1 Å². The van der Waals surface area contributed by atoms with Crippen molar-refractivity contribution < 1.29 is 24.2 Å². The second-order valence-corrected chi connectivity index (χ2v) is 5.50. The van der Waals surface area contributed by atoms with Crippen LogP contribution in [0, 0.1) is 0 Å². The van der Waals surface area contributed by atoms with E-state index in [1.165, 1.54) is 0 Å². The monoisotopic (exact) mass is 307 g/mol. The van der Waals surface area contributed by atoms with E-state index in [-0.39, 0.29) is 25.0 Å². The molecule has 1 aromatic rings. The van der Waals surface area contributed by atoms with E-state index in [2.05, 4.69) is 0 Å². The van der Waals surface area contributed by atoms with Gasteiger partial charge in [-0.15, -0.1) is 0 Å². The minimum Gasteiger partial charge on any atom is -0.479 e. The summed E-state index contributed by atoms with van der Waals surface area (Å²) in [6.45, 7) is 2.78. The van der Waals surface area contributed by atoms with Gasteiger partial charge in [-0.1, -0.05) is 24.3 Å². The van der Waals surface area contributed by atoms with Crippen LogP contribution in [0.5, 0.6) is 0 Å². The molecule has 1 heterocycles. The second kappa shape index (κ2) is 7.38. The number of carboxylic acids is 1. The van der Waals surface area contributed by atoms with E-state index in [1.807, 2.05) is 24.3 Å². The lowest BCUT2D eigenvalue weighted by Crippen LogP contribution is -2.52. The van der Waals surface area contributed by atoms with Crippen molar-refractivity contribution in [2.45, 2.75) is 32.2 Å². The van der Waals surface area contributed by atoms with Gasteiger partial charge in [-0.3, -0.25) is 4.79 Å². The number of aliphatic carboxylic acids is 1. The van der Waals surface area contributed by atoms with Crippen molar-refractivity contribution in [3.8, 4) is 0 Å². The number of nitrogens with zero attached hydrogens (tertiary/aromatic N) is 1. The van der Waals surface area contributed by atoms with Crippen LogP contribution < -0.4 is 0 Å². The molecular weight excluding hydrogens is 286 g/mol. The average Bonchev–Trinajstić information content (AvgIpc) is 2.47. The quantitative estimate of drug-likeness (QED) is 0.881. The number of ether oxygens (including phenoxy) is 2. The number of methoxy groups -OCH3 is 1. The maximum Gasteiger partial charge on any atom is 0.334 e. The molecule has 1 aromatic carbocycles. The summed E-state index contributed by atoms with van der Waals surface area (Å²) in [4.78, 5) is 25.0. The molecule has 0 aromatic heterocycles. The summed E-state index contributed by atoms with van der Waals surface area (Å²) in [5, 5.41) is 9.06. The topological polar surface area (TPSA) is 76.1 Å². The summed E-state index contributed by atoms with van der Waals surface area (Å²) in [5.74, 6) is -1.12. The first-order chi connectivity index (χ1) is 10.5. The molecule has 1 unspecified atom stereocenters. The summed E-state index contributed by atoms with van der Waals surface area (Å²) in [6, 6.07) is 7.64. The Morgan fingerprint density at radius 2 is 2.09 bits per heavy atom. The molecule has 0 radical (unpaired) electrons. The molecule has 6 nitrogen and oxygen atoms in total. The fourth-order valence-electron chi connectivity index (χ4n) is 2.57. The van der Waals surface area contributed by atoms with Crippen LogP contribution in [0.2, 0.25) is 0 Å². The number of carbonyl (C=O) groups excluding carboxylic acids is 1. The van der Waals surface area contributed by atoms with E-state index in [4.69, 9.17) is 14.6 Å². The maximum atomic E-state index is 12.4. The van der Waals surface area contributed by atoms with Crippen LogP contribution in [-0.2, 0) is 32.1 Å². The molecule has 1 aliphatic rings. The summed E-state index contributed by atoms with van der Waals surface area (Å²) >= 11 is 0.